The molecule has 4 heteroatoms. The summed E-state index contributed by atoms with van der Waals surface area (Å²) < 4.78 is 6.05. The number of nitrogens with one attached hydrogen (secondary N) is 1. The van der Waals surface area contributed by atoms with Crippen LogP contribution in [0.5, 0.6) is 5.75 Å². The minimum atomic E-state index is 0.546. The summed E-state index contributed by atoms with van der Waals surface area (Å²) in [5, 5.41) is 6.66. The van der Waals surface area contributed by atoms with Crippen LogP contribution < -0.4 is 10.1 Å². The SMILES string of the molecule is CCCc1nc(COc2c(C)cccc2CNCC)cs1. The van der Waals surface area contributed by atoms with Gasteiger partial charge in [-0.25, -0.2) is 4.98 Å². The van der Waals surface area contributed by atoms with E-state index in [0.29, 0.717) is 6.61 Å². The van der Waals surface area contributed by atoms with E-state index in [1.807, 2.05) is 0 Å². The van der Waals surface area contributed by atoms with Crippen molar-refractivity contribution in [1.29, 1.82) is 0 Å². The number of thiazole rings is 1. The van der Waals surface area contributed by atoms with Crippen molar-refractivity contribution in [3.8, 4) is 5.75 Å². The maximum absolute atomic E-state index is 6.05. The normalized spacial score (nSPS) is 10.8. The highest BCUT2D eigenvalue weighted by molar-refractivity contribution is 7.09. The zero-order chi connectivity index (χ0) is 15.1. The Kier molecular flexibility index (Phi) is 6.21. The van der Waals surface area contributed by atoms with E-state index in [9.17, 15) is 0 Å². The van der Waals surface area contributed by atoms with Gasteiger partial charge in [-0.15, -0.1) is 11.3 Å². The van der Waals surface area contributed by atoms with E-state index in [4.69, 9.17) is 4.74 Å². The molecule has 0 aliphatic rings. The highest BCUT2D eigenvalue weighted by Gasteiger charge is 2.08. The molecule has 0 saturated heterocycles. The fourth-order valence-corrected chi connectivity index (χ4v) is 3.09. The summed E-state index contributed by atoms with van der Waals surface area (Å²) in [7, 11) is 0. The van der Waals surface area contributed by atoms with Gasteiger partial charge in [-0.1, -0.05) is 32.0 Å². The molecule has 1 aromatic heterocycles. The maximum atomic E-state index is 6.05. The summed E-state index contributed by atoms with van der Waals surface area (Å²) in [6.07, 6.45) is 2.19. The Labute approximate surface area is 131 Å². The quantitative estimate of drug-likeness (QED) is 0.797. The number of ether oxygens (including phenoxy) is 1. The van der Waals surface area contributed by atoms with Gasteiger partial charge < -0.3 is 10.1 Å². The van der Waals surface area contributed by atoms with Crippen LogP contribution >= 0.6 is 11.3 Å². The first-order valence-electron chi connectivity index (χ1n) is 7.59. The Bertz CT molecular complexity index is 566. The summed E-state index contributed by atoms with van der Waals surface area (Å²) in [6.45, 7) is 8.73. The van der Waals surface area contributed by atoms with Crippen LogP contribution in [0.3, 0.4) is 0 Å². The fourth-order valence-electron chi connectivity index (χ4n) is 2.21. The molecule has 0 radical (unpaired) electrons. The maximum Gasteiger partial charge on any atom is 0.131 e. The van der Waals surface area contributed by atoms with Crippen molar-refractivity contribution in [3.05, 3.63) is 45.4 Å². The molecule has 114 valence electrons. The van der Waals surface area contributed by atoms with Gasteiger partial charge in [-0.3, -0.25) is 0 Å². The van der Waals surface area contributed by atoms with Gasteiger partial charge >= 0.3 is 0 Å². The van der Waals surface area contributed by atoms with Gasteiger partial charge in [0.2, 0.25) is 0 Å². The van der Waals surface area contributed by atoms with Crippen molar-refractivity contribution < 1.29 is 4.74 Å². The Morgan fingerprint density at radius 2 is 2.14 bits per heavy atom. The molecule has 2 aromatic rings. The molecule has 0 unspecified atom stereocenters. The van der Waals surface area contributed by atoms with Crippen molar-refractivity contribution in [2.45, 2.75) is 46.8 Å². The lowest BCUT2D eigenvalue weighted by atomic mass is 10.1. The van der Waals surface area contributed by atoms with Gasteiger partial charge in [-0.2, -0.15) is 0 Å². The Morgan fingerprint density at radius 1 is 1.29 bits per heavy atom. The second kappa shape index (κ2) is 8.15. The van der Waals surface area contributed by atoms with Crippen molar-refractivity contribution >= 4 is 11.3 Å². The number of nitrogens with zero attached hydrogens (tertiary/aromatic N) is 1. The lowest BCUT2D eigenvalue weighted by Crippen LogP contribution is -2.13. The number of aryl methyl sites for hydroxylation is 2. The van der Waals surface area contributed by atoms with Crippen LogP contribution in [0.15, 0.2) is 23.6 Å². The molecule has 0 aliphatic carbocycles. The van der Waals surface area contributed by atoms with E-state index in [0.717, 1.165) is 37.4 Å². The average molecular weight is 304 g/mol. The third-order valence-corrected chi connectivity index (χ3v) is 4.24. The molecular formula is C17H24N2OS. The minimum absolute atomic E-state index is 0.546. The number of para-hydroxylation sites is 1. The van der Waals surface area contributed by atoms with Crippen LogP contribution in [0, 0.1) is 6.92 Å². The standard InChI is InChI=1S/C17H24N2OS/c1-4-7-16-19-15(12-21-16)11-20-17-13(3)8-6-9-14(17)10-18-5-2/h6,8-9,12,18H,4-5,7,10-11H2,1-3H3. The number of benzene rings is 1. The number of aromatic nitrogens is 1. The van der Waals surface area contributed by atoms with Crippen LogP contribution in [0.25, 0.3) is 0 Å². The Hall–Kier alpha value is -1.39. The van der Waals surface area contributed by atoms with Crippen LogP contribution in [0.4, 0.5) is 0 Å². The predicted octanol–water partition coefficient (Wildman–Crippen LogP) is 4.09. The Morgan fingerprint density at radius 3 is 2.90 bits per heavy atom. The first-order chi connectivity index (χ1) is 10.2. The van der Waals surface area contributed by atoms with Crippen molar-refractivity contribution in [1.82, 2.24) is 10.3 Å². The van der Waals surface area contributed by atoms with Crippen molar-refractivity contribution in [3.63, 3.8) is 0 Å². The molecule has 21 heavy (non-hydrogen) atoms. The highest BCUT2D eigenvalue weighted by Crippen LogP contribution is 2.24. The molecular weight excluding hydrogens is 280 g/mol. The van der Waals surface area contributed by atoms with Gasteiger partial charge in [-0.05, 0) is 31.9 Å². The number of hydrogen-bond acceptors (Lipinski definition) is 4. The number of hydrogen-bond donors (Lipinski definition) is 1. The van der Waals surface area contributed by atoms with E-state index < -0.39 is 0 Å². The van der Waals surface area contributed by atoms with Crippen LogP contribution in [-0.4, -0.2) is 11.5 Å². The molecule has 2 rings (SSSR count). The first-order valence-corrected chi connectivity index (χ1v) is 8.47. The largest absolute Gasteiger partial charge is 0.487 e. The molecule has 0 saturated carbocycles. The molecule has 1 aromatic carbocycles. The minimum Gasteiger partial charge on any atom is -0.487 e. The number of rotatable bonds is 8. The molecule has 0 atom stereocenters. The van der Waals surface area contributed by atoms with Crippen LogP contribution in [0.1, 0.15) is 42.1 Å². The summed E-state index contributed by atoms with van der Waals surface area (Å²) in [6, 6.07) is 6.29. The van der Waals surface area contributed by atoms with E-state index >= 15 is 0 Å². The monoisotopic (exact) mass is 304 g/mol. The molecule has 0 amide bonds. The molecule has 0 aliphatic heterocycles. The molecule has 3 nitrogen and oxygen atoms in total. The Balaban J connectivity index is 2.04. The second-order valence-electron chi connectivity index (χ2n) is 5.11. The smallest absolute Gasteiger partial charge is 0.131 e. The zero-order valence-corrected chi connectivity index (χ0v) is 13.9. The molecule has 0 bridgehead atoms. The summed E-state index contributed by atoms with van der Waals surface area (Å²) in [5.41, 5.74) is 3.41. The van der Waals surface area contributed by atoms with Gasteiger partial charge in [0.15, 0.2) is 0 Å². The second-order valence-corrected chi connectivity index (χ2v) is 6.06. The van der Waals surface area contributed by atoms with E-state index in [1.165, 1.54) is 16.1 Å². The molecule has 1 N–H and O–H groups in total. The lowest BCUT2D eigenvalue weighted by Gasteiger charge is -2.13. The first kappa shape index (κ1) is 16.0. The van der Waals surface area contributed by atoms with Crippen LogP contribution in [-0.2, 0) is 19.6 Å². The summed E-state index contributed by atoms with van der Waals surface area (Å²) in [4.78, 5) is 4.61. The highest BCUT2D eigenvalue weighted by atomic mass is 32.1. The van der Waals surface area contributed by atoms with Crippen molar-refractivity contribution in [2.24, 2.45) is 0 Å². The van der Waals surface area contributed by atoms with E-state index in [1.54, 1.807) is 11.3 Å². The van der Waals surface area contributed by atoms with Gasteiger partial charge in [0.05, 0.1) is 10.7 Å². The third kappa shape index (κ3) is 4.55. The third-order valence-electron chi connectivity index (χ3n) is 3.29. The predicted molar refractivity (Wildman–Crippen MR) is 89.0 cm³/mol. The van der Waals surface area contributed by atoms with E-state index in [2.05, 4.69) is 54.7 Å². The lowest BCUT2D eigenvalue weighted by molar-refractivity contribution is 0.296. The van der Waals surface area contributed by atoms with Gasteiger partial charge in [0, 0.05) is 17.5 Å². The van der Waals surface area contributed by atoms with Gasteiger partial charge in [0.25, 0.3) is 0 Å². The van der Waals surface area contributed by atoms with Gasteiger partial charge in [0.1, 0.15) is 12.4 Å². The van der Waals surface area contributed by atoms with E-state index in [-0.39, 0.29) is 0 Å². The van der Waals surface area contributed by atoms with Crippen LogP contribution in [0.2, 0.25) is 0 Å². The molecule has 1 heterocycles. The average Bonchev–Trinajstić information content (AvgIpc) is 2.92. The molecule has 0 spiro atoms. The summed E-state index contributed by atoms with van der Waals surface area (Å²) >= 11 is 1.73. The fraction of sp³-hybridized carbons (Fsp3) is 0.471. The van der Waals surface area contributed by atoms with Crippen molar-refractivity contribution in [2.75, 3.05) is 6.54 Å². The summed E-state index contributed by atoms with van der Waals surface area (Å²) in [5.74, 6) is 0.989. The zero-order valence-electron chi connectivity index (χ0n) is 13.1. The topological polar surface area (TPSA) is 34.1 Å². The molecule has 0 fully saturated rings.